The van der Waals surface area contributed by atoms with Gasteiger partial charge in [-0.3, -0.25) is 9.97 Å². The summed E-state index contributed by atoms with van der Waals surface area (Å²) in [5, 5.41) is 35.7. The molecule has 0 aliphatic rings. The first-order valence-electron chi connectivity index (χ1n) is 18.4. The monoisotopic (exact) mass is 1040 g/mol. The number of thiocyanates is 2. The summed E-state index contributed by atoms with van der Waals surface area (Å²) in [4.78, 5) is 34.0. The molecule has 0 unspecified atom stereocenters. The molecule has 0 aliphatic heterocycles. The van der Waals surface area contributed by atoms with Crippen LogP contribution in [-0.4, -0.2) is 79.8 Å². The molecule has 0 atom stereocenters. The molecule has 3 N–H and O–H groups in total. The van der Waals surface area contributed by atoms with Gasteiger partial charge in [0.05, 0.1) is 81.3 Å². The molecular weight excluding hydrogens is 994 g/mol. The number of carbonyl (C=O) groups is 2. The third-order valence-corrected chi connectivity index (χ3v) is 9.04. The first kappa shape index (κ1) is 56.8. The summed E-state index contributed by atoms with van der Waals surface area (Å²) in [6, 6.07) is 16.4. The van der Waals surface area contributed by atoms with Crippen molar-refractivity contribution in [2.75, 3.05) is 42.7 Å². The molecule has 20 heteroatoms. The minimum absolute atomic E-state index is 0. The van der Waals surface area contributed by atoms with Crippen molar-refractivity contribution < 1.29 is 67.7 Å². The van der Waals surface area contributed by atoms with Crippen LogP contribution in [0.5, 0.6) is 34.5 Å². The minimum Gasteiger partial charge on any atom is -0.696 e. The Hall–Kier alpha value is -7.22. The second kappa shape index (κ2) is 30.8. The van der Waals surface area contributed by atoms with Crippen LogP contribution in [0.15, 0.2) is 113 Å². The quantitative estimate of drug-likeness (QED) is 0.0307. The van der Waals surface area contributed by atoms with E-state index in [2.05, 4.69) is 40.2 Å². The SMILES string of the molecule is C/C=C(/C=C/c1c(OC)cc(OC)cc1OC)\C=C(/[NH-])Sc1cc(/C=C/c2c(OC)cc(OC)cc2OC)ccn1.N#C[S-].N#C[S-].O=C(O)c1ccnc(-c2cc(C(=O)O)ccn2)c1.[Ru+3]. The number of carboxylic acids is 2. The fourth-order valence-electron chi connectivity index (χ4n) is 5.27. The van der Waals surface area contributed by atoms with Gasteiger partial charge in [-0.25, -0.2) is 25.1 Å². The zero-order valence-electron chi connectivity index (χ0n) is 36.4. The number of hydrogen-bond acceptors (Lipinski definition) is 16. The first-order chi connectivity index (χ1) is 31.3. The Morgan fingerprint density at radius 1 is 0.652 bits per heavy atom. The van der Waals surface area contributed by atoms with Crippen molar-refractivity contribution in [3.8, 4) is 56.7 Å². The third-order valence-electron chi connectivity index (χ3n) is 8.27. The van der Waals surface area contributed by atoms with Crippen LogP contribution < -0.4 is 28.4 Å². The summed E-state index contributed by atoms with van der Waals surface area (Å²) in [6.45, 7) is 1.92. The zero-order valence-corrected chi connectivity index (χ0v) is 40.6. The Labute approximate surface area is 411 Å². The summed E-state index contributed by atoms with van der Waals surface area (Å²) in [5.74, 6) is 1.64. The van der Waals surface area contributed by atoms with Crippen LogP contribution in [-0.2, 0) is 44.7 Å². The molecule has 66 heavy (non-hydrogen) atoms. The summed E-state index contributed by atoms with van der Waals surface area (Å²) < 4.78 is 32.8. The average Bonchev–Trinajstić information content (AvgIpc) is 3.32. The smallest absolute Gasteiger partial charge is 0.696 e. The summed E-state index contributed by atoms with van der Waals surface area (Å²) >= 11 is 8.66. The average molecular weight is 1040 g/mol. The van der Waals surface area contributed by atoms with E-state index in [1.807, 2.05) is 49.4 Å². The number of nitrogens with one attached hydrogen (secondary N) is 1. The Balaban J connectivity index is 0.000000719. The molecule has 0 amide bonds. The van der Waals surface area contributed by atoms with Crippen LogP contribution >= 0.6 is 11.8 Å². The molecule has 16 nitrogen and oxygen atoms in total. The number of thioether (sulfide) groups is 1. The number of methoxy groups -OCH3 is 6. The van der Waals surface area contributed by atoms with Gasteiger partial charge in [-0.2, -0.15) is 0 Å². The largest absolute Gasteiger partial charge is 3.00 e. The van der Waals surface area contributed by atoms with Gasteiger partial charge < -0.3 is 69.6 Å². The maximum Gasteiger partial charge on any atom is 3.00 e. The number of rotatable bonds is 16. The van der Waals surface area contributed by atoms with Gasteiger partial charge in [-0.1, -0.05) is 46.9 Å². The fourth-order valence-corrected chi connectivity index (χ4v) is 5.99. The maximum atomic E-state index is 10.8. The third kappa shape index (κ3) is 18.1. The van der Waals surface area contributed by atoms with E-state index in [-0.39, 0.29) is 30.6 Å². The van der Waals surface area contributed by atoms with Crippen molar-refractivity contribution in [1.29, 1.82) is 10.5 Å². The van der Waals surface area contributed by atoms with Crippen molar-refractivity contribution >= 4 is 67.2 Å². The number of allylic oxidation sites excluding steroid dienone is 4. The molecule has 0 saturated heterocycles. The molecule has 0 aliphatic carbocycles. The van der Waals surface area contributed by atoms with Crippen LogP contribution in [0.1, 0.15) is 44.3 Å². The van der Waals surface area contributed by atoms with Gasteiger partial charge in [-0.05, 0) is 66.6 Å². The van der Waals surface area contributed by atoms with Crippen LogP contribution in [0.4, 0.5) is 0 Å². The van der Waals surface area contributed by atoms with Crippen LogP contribution in [0, 0.1) is 21.3 Å². The van der Waals surface area contributed by atoms with E-state index in [4.69, 9.17) is 54.9 Å². The Morgan fingerprint density at radius 2 is 1.06 bits per heavy atom. The topological polar surface area (TPSA) is 240 Å². The molecule has 5 aromatic rings. The number of carboxylic acid groups (broad SMARTS) is 2. The van der Waals surface area contributed by atoms with E-state index in [1.165, 1.54) is 59.2 Å². The van der Waals surface area contributed by atoms with E-state index in [9.17, 15) is 9.59 Å². The summed E-state index contributed by atoms with van der Waals surface area (Å²) in [6.07, 6.45) is 15.8. The van der Waals surface area contributed by atoms with Crippen LogP contribution in [0.2, 0.25) is 0 Å². The molecule has 2 aromatic carbocycles. The molecule has 0 bridgehead atoms. The van der Waals surface area contributed by atoms with Gasteiger partial charge in [0, 0.05) is 42.9 Å². The molecule has 3 heterocycles. The van der Waals surface area contributed by atoms with E-state index < -0.39 is 11.9 Å². The molecule has 1 radical (unpaired) electrons. The number of hydrogen-bond donors (Lipinski definition) is 2. The normalized spacial score (nSPS) is 10.4. The Bertz CT molecular complexity index is 2500. The van der Waals surface area contributed by atoms with E-state index in [0.717, 1.165) is 22.3 Å². The van der Waals surface area contributed by atoms with Crippen molar-refractivity contribution in [2.24, 2.45) is 0 Å². The number of nitriles is 2. The van der Waals surface area contributed by atoms with Gasteiger partial charge >= 0.3 is 31.4 Å². The van der Waals surface area contributed by atoms with Crippen molar-refractivity contribution in [1.82, 2.24) is 15.0 Å². The van der Waals surface area contributed by atoms with Gasteiger partial charge in [-0.15, -0.1) is 5.03 Å². The number of nitrogens with zero attached hydrogens (tertiary/aromatic N) is 5. The molecule has 3 aromatic heterocycles. The van der Waals surface area contributed by atoms with Gasteiger partial charge in [0.25, 0.3) is 0 Å². The van der Waals surface area contributed by atoms with Gasteiger partial charge in [0.1, 0.15) is 34.5 Å². The number of aromatic carboxylic acids is 2. The second-order valence-electron chi connectivity index (χ2n) is 12.0. The maximum absolute atomic E-state index is 10.8. The van der Waals surface area contributed by atoms with Crippen molar-refractivity contribution in [3.63, 3.8) is 0 Å². The number of ether oxygens (including phenoxy) is 6. The number of benzene rings is 2. The molecule has 343 valence electrons. The molecule has 0 fully saturated rings. The predicted octanol–water partition coefficient (Wildman–Crippen LogP) is 9.52. The predicted molar refractivity (Wildman–Crippen MR) is 254 cm³/mol. The minimum atomic E-state index is -1.08. The van der Waals surface area contributed by atoms with Crippen molar-refractivity contribution in [2.45, 2.75) is 11.9 Å². The molecule has 0 spiro atoms. The zero-order chi connectivity index (χ0) is 48.3. The van der Waals surface area contributed by atoms with Gasteiger partial charge in [0.2, 0.25) is 0 Å². The number of pyridine rings is 3. The van der Waals surface area contributed by atoms with E-state index >= 15 is 0 Å². The Kier molecular flexibility index (Phi) is 26.5. The summed E-state index contributed by atoms with van der Waals surface area (Å²) in [5.41, 5.74) is 12.7. The fraction of sp³-hybridized carbons (Fsp3) is 0.152. The van der Waals surface area contributed by atoms with Crippen molar-refractivity contribution in [3.05, 3.63) is 142 Å². The van der Waals surface area contributed by atoms with E-state index in [1.54, 1.807) is 79.2 Å². The van der Waals surface area contributed by atoms with Crippen LogP contribution in [0.25, 0.3) is 35.3 Å². The van der Waals surface area contributed by atoms with Crippen LogP contribution in [0.3, 0.4) is 0 Å². The summed E-state index contributed by atoms with van der Waals surface area (Å²) in [7, 11) is 9.59. The Morgan fingerprint density at radius 3 is 1.44 bits per heavy atom. The standard InChI is InChI=1S/C32H35N2O6S.C12H8N2O4.2CHNS.Ru/c1-8-21(9-11-25-27(37-4)17-23(35-2)18-28(25)38-5)15-31(33)41-32-16-22(13-14-34-32)10-12-26-29(39-6)19-24(36-3)20-30(26)40-7;15-11(16)7-1-3-13-9(5-7)10-6-8(12(17)18)2-4-14-10;2*2-1-3;/h8-20,33H,1-7H3;1-6H,(H,15,16)(H,17,18);2*3H;/q-1;;;;+3/p-2/b11-9+,12-10+,21-8-,31-15+;;;;. The number of aromatic nitrogens is 3. The van der Waals surface area contributed by atoms with E-state index in [0.29, 0.717) is 55.9 Å². The first-order valence-corrected chi connectivity index (χ1v) is 20.0. The molecule has 5 rings (SSSR count). The molecule has 0 saturated carbocycles. The second-order valence-corrected chi connectivity index (χ2v) is 13.5. The molecular formula is C46H43N6O10RuS3. The van der Waals surface area contributed by atoms with Gasteiger partial charge in [0.15, 0.2) is 0 Å².